The fourth-order valence-corrected chi connectivity index (χ4v) is 2.47. The molecule has 2 aromatic heterocycles. The van der Waals surface area contributed by atoms with E-state index in [2.05, 4.69) is 46.0 Å². The standard InChI is InChI=1S/C18H23N5O2/c1-4-23(11-15-19-16(25-22-15)10-13(2)3)12-17-20-21-18(24-17)14-8-6-5-7-9-14/h5-9,13H,4,10-12H2,1-3H3. The van der Waals surface area contributed by atoms with Crippen molar-refractivity contribution in [1.29, 1.82) is 0 Å². The molecule has 132 valence electrons. The number of hydrogen-bond acceptors (Lipinski definition) is 7. The van der Waals surface area contributed by atoms with E-state index >= 15 is 0 Å². The topological polar surface area (TPSA) is 81.1 Å². The van der Waals surface area contributed by atoms with Gasteiger partial charge in [0.2, 0.25) is 17.7 Å². The van der Waals surface area contributed by atoms with Crippen molar-refractivity contribution in [3.05, 3.63) is 47.9 Å². The van der Waals surface area contributed by atoms with Crippen LogP contribution in [0.2, 0.25) is 0 Å². The van der Waals surface area contributed by atoms with Crippen molar-refractivity contribution in [3.63, 3.8) is 0 Å². The van der Waals surface area contributed by atoms with Gasteiger partial charge in [-0.1, -0.05) is 44.1 Å². The number of benzene rings is 1. The Hall–Kier alpha value is -2.54. The van der Waals surface area contributed by atoms with Gasteiger partial charge in [-0.3, -0.25) is 4.90 Å². The van der Waals surface area contributed by atoms with E-state index in [0.717, 1.165) is 18.5 Å². The van der Waals surface area contributed by atoms with Crippen LogP contribution in [0, 0.1) is 5.92 Å². The number of nitrogens with zero attached hydrogens (tertiary/aromatic N) is 5. The molecule has 0 saturated heterocycles. The molecule has 0 N–H and O–H groups in total. The zero-order valence-corrected chi connectivity index (χ0v) is 14.8. The van der Waals surface area contributed by atoms with E-state index in [1.54, 1.807) is 0 Å². The van der Waals surface area contributed by atoms with Gasteiger partial charge in [0.15, 0.2) is 5.82 Å². The smallest absolute Gasteiger partial charge is 0.247 e. The molecule has 0 aliphatic heterocycles. The first-order valence-corrected chi connectivity index (χ1v) is 8.55. The first-order chi connectivity index (χ1) is 12.1. The van der Waals surface area contributed by atoms with Crippen molar-refractivity contribution in [1.82, 2.24) is 25.2 Å². The summed E-state index contributed by atoms with van der Waals surface area (Å²) < 4.78 is 11.1. The van der Waals surface area contributed by atoms with Crippen LogP contribution in [0.3, 0.4) is 0 Å². The molecule has 25 heavy (non-hydrogen) atoms. The summed E-state index contributed by atoms with van der Waals surface area (Å²) in [7, 11) is 0. The van der Waals surface area contributed by atoms with E-state index in [1.165, 1.54) is 0 Å². The Bertz CT molecular complexity index is 782. The quantitative estimate of drug-likeness (QED) is 0.621. The Morgan fingerprint density at radius 3 is 2.56 bits per heavy atom. The molecule has 0 aliphatic carbocycles. The summed E-state index contributed by atoms with van der Waals surface area (Å²) in [5.74, 6) is 2.97. The van der Waals surface area contributed by atoms with Crippen LogP contribution in [0.5, 0.6) is 0 Å². The van der Waals surface area contributed by atoms with Gasteiger partial charge in [0.25, 0.3) is 0 Å². The van der Waals surface area contributed by atoms with E-state index in [9.17, 15) is 0 Å². The third-order valence-electron chi connectivity index (χ3n) is 3.75. The Kier molecular flexibility index (Phi) is 5.55. The van der Waals surface area contributed by atoms with Crippen LogP contribution in [0.4, 0.5) is 0 Å². The second-order valence-corrected chi connectivity index (χ2v) is 6.37. The molecular weight excluding hydrogens is 318 g/mol. The molecule has 7 nitrogen and oxygen atoms in total. The molecule has 2 heterocycles. The number of aromatic nitrogens is 4. The average Bonchev–Trinajstić information content (AvgIpc) is 3.24. The van der Waals surface area contributed by atoms with Gasteiger partial charge in [0.1, 0.15) is 0 Å². The van der Waals surface area contributed by atoms with Gasteiger partial charge in [-0.05, 0) is 24.6 Å². The Morgan fingerprint density at radius 1 is 1.04 bits per heavy atom. The van der Waals surface area contributed by atoms with Gasteiger partial charge in [0, 0.05) is 12.0 Å². The number of rotatable bonds is 8. The lowest BCUT2D eigenvalue weighted by molar-refractivity contribution is 0.234. The fraction of sp³-hybridized carbons (Fsp3) is 0.444. The highest BCUT2D eigenvalue weighted by Crippen LogP contribution is 2.18. The van der Waals surface area contributed by atoms with Crippen LogP contribution in [0.25, 0.3) is 11.5 Å². The summed E-state index contributed by atoms with van der Waals surface area (Å²) in [6.07, 6.45) is 0.795. The Balaban J connectivity index is 1.62. The van der Waals surface area contributed by atoms with Crippen LogP contribution in [-0.2, 0) is 19.5 Å². The third kappa shape index (κ3) is 4.73. The predicted molar refractivity (Wildman–Crippen MR) is 92.4 cm³/mol. The maximum atomic E-state index is 5.77. The molecule has 1 aromatic carbocycles. The van der Waals surface area contributed by atoms with Gasteiger partial charge < -0.3 is 8.94 Å². The van der Waals surface area contributed by atoms with Crippen LogP contribution in [-0.4, -0.2) is 31.8 Å². The molecule has 0 spiro atoms. The molecule has 3 rings (SSSR count). The third-order valence-corrected chi connectivity index (χ3v) is 3.75. The van der Waals surface area contributed by atoms with Crippen LogP contribution in [0.15, 0.2) is 39.3 Å². The minimum absolute atomic E-state index is 0.491. The van der Waals surface area contributed by atoms with Crippen molar-refractivity contribution in [2.75, 3.05) is 6.54 Å². The van der Waals surface area contributed by atoms with E-state index < -0.39 is 0 Å². The minimum atomic E-state index is 0.491. The van der Waals surface area contributed by atoms with E-state index in [-0.39, 0.29) is 0 Å². The van der Waals surface area contributed by atoms with Crippen LogP contribution >= 0.6 is 0 Å². The first-order valence-electron chi connectivity index (χ1n) is 8.55. The summed E-state index contributed by atoms with van der Waals surface area (Å²) in [6.45, 7) is 8.27. The molecule has 0 radical (unpaired) electrons. The highest BCUT2D eigenvalue weighted by Gasteiger charge is 2.15. The van der Waals surface area contributed by atoms with Crippen molar-refractivity contribution in [3.8, 4) is 11.5 Å². The summed E-state index contributed by atoms with van der Waals surface area (Å²) in [6, 6.07) is 9.75. The van der Waals surface area contributed by atoms with Gasteiger partial charge in [-0.15, -0.1) is 10.2 Å². The van der Waals surface area contributed by atoms with E-state index in [4.69, 9.17) is 8.94 Å². The van der Waals surface area contributed by atoms with Gasteiger partial charge in [-0.25, -0.2) is 0 Å². The molecule has 0 amide bonds. The Labute approximate surface area is 147 Å². The molecule has 7 heteroatoms. The first kappa shape index (κ1) is 17.3. The van der Waals surface area contributed by atoms with Crippen molar-refractivity contribution in [2.45, 2.75) is 40.3 Å². The summed E-state index contributed by atoms with van der Waals surface area (Å²) in [5, 5.41) is 12.3. The lowest BCUT2D eigenvalue weighted by atomic mass is 10.1. The zero-order valence-electron chi connectivity index (χ0n) is 14.8. The highest BCUT2D eigenvalue weighted by molar-refractivity contribution is 5.51. The van der Waals surface area contributed by atoms with Gasteiger partial charge in [-0.2, -0.15) is 4.98 Å². The average molecular weight is 341 g/mol. The lowest BCUT2D eigenvalue weighted by Crippen LogP contribution is -2.23. The molecular formula is C18H23N5O2. The SMILES string of the molecule is CCN(Cc1noc(CC(C)C)n1)Cc1nnc(-c2ccccc2)o1. The monoisotopic (exact) mass is 341 g/mol. The predicted octanol–water partition coefficient (Wildman–Crippen LogP) is 3.34. The molecule has 3 aromatic rings. The van der Waals surface area contributed by atoms with Gasteiger partial charge >= 0.3 is 0 Å². The number of hydrogen-bond donors (Lipinski definition) is 0. The molecule has 0 bridgehead atoms. The molecule has 0 atom stereocenters. The maximum Gasteiger partial charge on any atom is 0.247 e. The second kappa shape index (κ2) is 8.02. The molecule has 0 saturated carbocycles. The zero-order chi connectivity index (χ0) is 17.6. The summed E-state index contributed by atoms with van der Waals surface area (Å²) in [5.41, 5.74) is 0.917. The molecule has 0 fully saturated rings. The van der Waals surface area contributed by atoms with Crippen LogP contribution < -0.4 is 0 Å². The molecule has 0 unspecified atom stereocenters. The summed E-state index contributed by atoms with van der Waals surface area (Å²) in [4.78, 5) is 6.58. The van der Waals surface area contributed by atoms with Crippen LogP contribution in [0.1, 0.15) is 38.4 Å². The van der Waals surface area contributed by atoms with Crippen molar-refractivity contribution in [2.24, 2.45) is 5.92 Å². The van der Waals surface area contributed by atoms with Crippen molar-refractivity contribution >= 4 is 0 Å². The molecule has 0 aliphatic rings. The summed E-state index contributed by atoms with van der Waals surface area (Å²) >= 11 is 0. The highest BCUT2D eigenvalue weighted by atomic mass is 16.5. The largest absolute Gasteiger partial charge is 0.419 e. The fourth-order valence-electron chi connectivity index (χ4n) is 2.47. The minimum Gasteiger partial charge on any atom is -0.419 e. The Morgan fingerprint density at radius 2 is 1.84 bits per heavy atom. The normalized spacial score (nSPS) is 11.6. The van der Waals surface area contributed by atoms with Crippen molar-refractivity contribution < 1.29 is 8.94 Å². The second-order valence-electron chi connectivity index (χ2n) is 6.37. The maximum absolute atomic E-state index is 5.77. The van der Waals surface area contributed by atoms with Gasteiger partial charge in [0.05, 0.1) is 13.1 Å². The lowest BCUT2D eigenvalue weighted by Gasteiger charge is -2.15. The van der Waals surface area contributed by atoms with E-state index in [1.807, 2.05) is 30.3 Å². The van der Waals surface area contributed by atoms with E-state index in [0.29, 0.717) is 42.5 Å².